The minimum atomic E-state index is -0.581. The summed E-state index contributed by atoms with van der Waals surface area (Å²) in [5.74, 6) is 0.798. The molecule has 1 unspecified atom stereocenters. The van der Waals surface area contributed by atoms with Crippen LogP contribution in [0.25, 0.3) is 0 Å². The molecule has 0 spiro atoms. The molecule has 2 aromatic rings. The zero-order chi connectivity index (χ0) is 23.8. The quantitative estimate of drug-likeness (QED) is 0.631. The molecule has 0 bridgehead atoms. The van der Waals surface area contributed by atoms with E-state index < -0.39 is 6.04 Å². The third-order valence-electron chi connectivity index (χ3n) is 5.94. The minimum Gasteiger partial charge on any atom is -0.492 e. The van der Waals surface area contributed by atoms with Gasteiger partial charge in [-0.3, -0.25) is 4.79 Å². The van der Waals surface area contributed by atoms with Gasteiger partial charge in [-0.1, -0.05) is 45.0 Å². The van der Waals surface area contributed by atoms with Crippen molar-refractivity contribution in [2.45, 2.75) is 40.2 Å². The van der Waals surface area contributed by atoms with Crippen molar-refractivity contribution < 1.29 is 14.3 Å². The first-order valence-electron chi connectivity index (χ1n) is 11.8. The number of piperazine rings is 1. The lowest BCUT2D eigenvalue weighted by Gasteiger charge is -2.38. The summed E-state index contributed by atoms with van der Waals surface area (Å²) >= 11 is 0. The zero-order valence-corrected chi connectivity index (χ0v) is 20.1. The molecule has 1 saturated heterocycles. The van der Waals surface area contributed by atoms with E-state index in [0.29, 0.717) is 25.4 Å². The van der Waals surface area contributed by atoms with Crippen LogP contribution in [0.2, 0.25) is 0 Å². The van der Waals surface area contributed by atoms with Crippen LogP contribution in [0.5, 0.6) is 5.75 Å². The summed E-state index contributed by atoms with van der Waals surface area (Å²) < 4.78 is 5.76. The van der Waals surface area contributed by atoms with Gasteiger partial charge in [-0.2, -0.15) is 0 Å². The maximum Gasteiger partial charge on any atom is 0.319 e. The van der Waals surface area contributed by atoms with Gasteiger partial charge in [0.25, 0.3) is 0 Å². The average molecular weight is 453 g/mol. The minimum absolute atomic E-state index is 0.0255. The Bertz CT molecular complexity index is 921. The van der Waals surface area contributed by atoms with Gasteiger partial charge in [-0.15, -0.1) is 0 Å². The van der Waals surface area contributed by atoms with Gasteiger partial charge in [0, 0.05) is 31.9 Å². The van der Waals surface area contributed by atoms with Gasteiger partial charge >= 0.3 is 6.03 Å². The highest BCUT2D eigenvalue weighted by atomic mass is 16.5. The fourth-order valence-electron chi connectivity index (χ4n) is 4.01. The first-order valence-corrected chi connectivity index (χ1v) is 11.8. The van der Waals surface area contributed by atoms with Crippen molar-refractivity contribution in [2.24, 2.45) is 5.92 Å². The fourth-order valence-corrected chi connectivity index (χ4v) is 4.01. The van der Waals surface area contributed by atoms with Crippen molar-refractivity contribution in [3.8, 4) is 5.75 Å². The number of carbonyl (C=O) groups excluding carboxylic acids is 2. The lowest BCUT2D eigenvalue weighted by molar-refractivity contribution is -0.134. The Balaban J connectivity index is 1.58. The number of para-hydroxylation sites is 2. The van der Waals surface area contributed by atoms with Crippen molar-refractivity contribution in [1.29, 1.82) is 0 Å². The van der Waals surface area contributed by atoms with Crippen LogP contribution in [0.15, 0.2) is 48.5 Å². The third-order valence-corrected chi connectivity index (χ3v) is 5.94. The highest BCUT2D eigenvalue weighted by molar-refractivity contribution is 5.94. The lowest BCUT2D eigenvalue weighted by Crippen LogP contribution is -2.57. The van der Waals surface area contributed by atoms with Crippen molar-refractivity contribution >= 4 is 23.3 Å². The highest BCUT2D eigenvalue weighted by Crippen LogP contribution is 2.29. The Morgan fingerprint density at radius 1 is 0.970 bits per heavy atom. The van der Waals surface area contributed by atoms with E-state index in [9.17, 15) is 9.59 Å². The molecule has 33 heavy (non-hydrogen) atoms. The highest BCUT2D eigenvalue weighted by Gasteiger charge is 2.31. The van der Waals surface area contributed by atoms with Crippen LogP contribution in [0.1, 0.15) is 33.3 Å². The van der Waals surface area contributed by atoms with Gasteiger partial charge in [0.1, 0.15) is 11.8 Å². The van der Waals surface area contributed by atoms with E-state index in [2.05, 4.69) is 28.5 Å². The molecule has 1 fully saturated rings. The summed E-state index contributed by atoms with van der Waals surface area (Å²) in [4.78, 5) is 30.0. The molecule has 1 aliphatic heterocycles. The first-order chi connectivity index (χ1) is 15.9. The summed E-state index contributed by atoms with van der Waals surface area (Å²) in [6.45, 7) is 11.2. The second kappa shape index (κ2) is 11.6. The third kappa shape index (κ3) is 6.40. The van der Waals surface area contributed by atoms with E-state index in [4.69, 9.17) is 4.74 Å². The van der Waals surface area contributed by atoms with E-state index in [1.807, 2.05) is 68.1 Å². The van der Waals surface area contributed by atoms with E-state index in [-0.39, 0.29) is 17.9 Å². The molecule has 2 N–H and O–H groups in total. The number of nitrogens with zero attached hydrogens (tertiary/aromatic N) is 2. The number of rotatable bonds is 8. The smallest absolute Gasteiger partial charge is 0.319 e. The molecule has 0 saturated carbocycles. The number of carbonyl (C=O) groups is 2. The number of hydrogen-bond donors (Lipinski definition) is 2. The summed E-state index contributed by atoms with van der Waals surface area (Å²) in [6.07, 6.45) is 0.945. The summed E-state index contributed by atoms with van der Waals surface area (Å²) in [7, 11) is 0. The number of nitrogens with one attached hydrogen (secondary N) is 2. The molecule has 1 heterocycles. The number of aryl methyl sites for hydroxylation is 1. The van der Waals surface area contributed by atoms with Gasteiger partial charge in [0.15, 0.2) is 0 Å². The molecule has 0 radical (unpaired) electrons. The van der Waals surface area contributed by atoms with Crippen LogP contribution >= 0.6 is 0 Å². The van der Waals surface area contributed by atoms with Gasteiger partial charge in [0.05, 0.1) is 12.3 Å². The van der Waals surface area contributed by atoms with Gasteiger partial charge in [0.2, 0.25) is 5.91 Å². The van der Waals surface area contributed by atoms with Gasteiger partial charge in [-0.05, 0) is 49.1 Å². The Labute approximate surface area is 197 Å². The number of ether oxygens (including phenoxy) is 1. The maximum absolute atomic E-state index is 13.3. The molecule has 0 aromatic heterocycles. The predicted octanol–water partition coefficient (Wildman–Crippen LogP) is 4.14. The molecule has 7 nitrogen and oxygen atoms in total. The fraction of sp³-hybridized carbons (Fsp3) is 0.462. The van der Waals surface area contributed by atoms with E-state index in [1.165, 1.54) is 5.56 Å². The second-order valence-electron chi connectivity index (χ2n) is 8.58. The molecule has 7 heteroatoms. The Hall–Kier alpha value is -3.22. The van der Waals surface area contributed by atoms with E-state index in [1.54, 1.807) is 0 Å². The van der Waals surface area contributed by atoms with Crippen LogP contribution in [0, 0.1) is 5.92 Å². The first kappa shape index (κ1) is 24.4. The molecule has 2 aromatic carbocycles. The maximum atomic E-state index is 13.3. The molecule has 1 atom stereocenters. The largest absolute Gasteiger partial charge is 0.492 e. The molecule has 0 aliphatic carbocycles. The Morgan fingerprint density at radius 3 is 2.24 bits per heavy atom. The SMILES string of the molecule is CCOc1ccccc1N1CCN(C(=O)C(NC(=O)Nc2ccc(CC)cc2)C(C)C)CC1. The van der Waals surface area contributed by atoms with E-state index in [0.717, 1.165) is 30.9 Å². The molecular weight excluding hydrogens is 416 g/mol. The predicted molar refractivity (Wildman–Crippen MR) is 133 cm³/mol. The zero-order valence-electron chi connectivity index (χ0n) is 20.1. The summed E-state index contributed by atoms with van der Waals surface area (Å²) in [6, 6.07) is 14.8. The van der Waals surface area contributed by atoms with Crippen LogP contribution < -0.4 is 20.3 Å². The Morgan fingerprint density at radius 2 is 1.64 bits per heavy atom. The van der Waals surface area contributed by atoms with Gasteiger partial charge in [-0.25, -0.2) is 4.79 Å². The topological polar surface area (TPSA) is 73.9 Å². The second-order valence-corrected chi connectivity index (χ2v) is 8.58. The molecule has 178 valence electrons. The average Bonchev–Trinajstić information content (AvgIpc) is 2.83. The monoisotopic (exact) mass is 452 g/mol. The summed E-state index contributed by atoms with van der Waals surface area (Å²) in [5.41, 5.74) is 2.97. The van der Waals surface area contributed by atoms with Crippen molar-refractivity contribution in [2.75, 3.05) is 43.0 Å². The molecule has 1 aliphatic rings. The van der Waals surface area contributed by atoms with Crippen molar-refractivity contribution in [3.05, 3.63) is 54.1 Å². The number of amides is 3. The standard InChI is InChI=1S/C26H36N4O3/c1-5-20-11-13-21(14-12-20)27-26(32)28-24(19(3)4)25(31)30-17-15-29(16-18-30)22-9-7-8-10-23(22)33-6-2/h7-14,19,24H,5-6,15-18H2,1-4H3,(H2,27,28,32). The van der Waals surface area contributed by atoms with E-state index >= 15 is 0 Å². The Kier molecular flexibility index (Phi) is 8.58. The van der Waals surface area contributed by atoms with Crippen LogP contribution in [0.4, 0.5) is 16.2 Å². The van der Waals surface area contributed by atoms with Crippen LogP contribution in [-0.4, -0.2) is 55.7 Å². The molecule has 3 rings (SSSR count). The molecule has 3 amide bonds. The number of benzene rings is 2. The number of anilines is 2. The molecular formula is C26H36N4O3. The van der Waals surface area contributed by atoms with Crippen molar-refractivity contribution in [1.82, 2.24) is 10.2 Å². The lowest BCUT2D eigenvalue weighted by atomic mass is 10.0. The normalized spacial score (nSPS) is 14.7. The van der Waals surface area contributed by atoms with Crippen molar-refractivity contribution in [3.63, 3.8) is 0 Å². The number of hydrogen-bond acceptors (Lipinski definition) is 4. The van der Waals surface area contributed by atoms with Crippen LogP contribution in [0.3, 0.4) is 0 Å². The number of urea groups is 1. The van der Waals surface area contributed by atoms with Crippen LogP contribution in [-0.2, 0) is 11.2 Å². The van der Waals surface area contributed by atoms with Gasteiger partial charge < -0.3 is 25.2 Å². The summed E-state index contributed by atoms with van der Waals surface area (Å²) in [5, 5.41) is 5.72.